The van der Waals surface area contributed by atoms with Crippen LogP contribution in [0.5, 0.6) is 0 Å². The van der Waals surface area contributed by atoms with Crippen LogP contribution in [-0.2, 0) is 6.42 Å². The number of rotatable bonds is 6. The van der Waals surface area contributed by atoms with Gasteiger partial charge in [0, 0.05) is 12.0 Å². The van der Waals surface area contributed by atoms with E-state index < -0.39 is 6.04 Å². The topological polar surface area (TPSA) is 68.0 Å². The highest BCUT2D eigenvalue weighted by molar-refractivity contribution is 5.94. The van der Waals surface area contributed by atoms with Crippen molar-refractivity contribution in [2.75, 3.05) is 0 Å². The lowest BCUT2D eigenvalue weighted by Crippen LogP contribution is -2.30. The van der Waals surface area contributed by atoms with Crippen molar-refractivity contribution in [3.8, 4) is 0 Å². The fourth-order valence-corrected chi connectivity index (χ4v) is 2.45. The Morgan fingerprint density at radius 3 is 2.42 bits per heavy atom. The van der Waals surface area contributed by atoms with Crippen molar-refractivity contribution in [1.29, 1.82) is 0 Å². The summed E-state index contributed by atoms with van der Waals surface area (Å²) >= 11 is 0. The molecule has 1 atom stereocenters. The zero-order valence-corrected chi connectivity index (χ0v) is 13.5. The maximum atomic E-state index is 12.5. The van der Waals surface area contributed by atoms with E-state index in [4.69, 9.17) is 4.52 Å². The first-order valence-electron chi connectivity index (χ1n) is 8.01. The van der Waals surface area contributed by atoms with Crippen LogP contribution in [0.1, 0.15) is 47.0 Å². The van der Waals surface area contributed by atoms with Crippen LogP contribution in [0.4, 0.5) is 0 Å². The van der Waals surface area contributed by atoms with Crippen LogP contribution in [0.2, 0.25) is 0 Å². The molecular formula is C19H19N3O2. The van der Waals surface area contributed by atoms with Gasteiger partial charge in [-0.05, 0) is 24.1 Å². The Kier molecular flexibility index (Phi) is 5.01. The lowest BCUT2D eigenvalue weighted by molar-refractivity contribution is 0.0941. The number of nitrogens with one attached hydrogen (secondary N) is 1. The second-order valence-electron chi connectivity index (χ2n) is 5.48. The molecule has 0 bridgehead atoms. The van der Waals surface area contributed by atoms with Gasteiger partial charge in [-0.15, -0.1) is 0 Å². The molecule has 1 amide bonds. The van der Waals surface area contributed by atoms with Gasteiger partial charge >= 0.3 is 0 Å². The minimum Gasteiger partial charge on any atom is -0.339 e. The number of nitrogens with zero attached hydrogens (tertiary/aromatic N) is 2. The Labute approximate surface area is 140 Å². The smallest absolute Gasteiger partial charge is 0.252 e. The van der Waals surface area contributed by atoms with Crippen LogP contribution in [0.15, 0.2) is 65.2 Å². The molecule has 5 heteroatoms. The van der Waals surface area contributed by atoms with E-state index in [9.17, 15) is 4.79 Å². The van der Waals surface area contributed by atoms with Gasteiger partial charge in [0.05, 0.1) is 0 Å². The fraction of sp³-hybridized carbons (Fsp3) is 0.211. The van der Waals surface area contributed by atoms with Gasteiger partial charge in [-0.3, -0.25) is 4.79 Å². The minimum absolute atomic E-state index is 0.175. The van der Waals surface area contributed by atoms with Gasteiger partial charge in [0.2, 0.25) is 5.89 Å². The zero-order chi connectivity index (χ0) is 16.8. The number of aromatic nitrogens is 2. The minimum atomic E-state index is -0.451. The molecule has 0 aliphatic heterocycles. The molecule has 122 valence electrons. The van der Waals surface area contributed by atoms with Crippen molar-refractivity contribution in [3.05, 3.63) is 83.5 Å². The van der Waals surface area contributed by atoms with Crippen molar-refractivity contribution in [3.63, 3.8) is 0 Å². The van der Waals surface area contributed by atoms with E-state index in [1.165, 1.54) is 0 Å². The normalized spacial score (nSPS) is 11.9. The lowest BCUT2D eigenvalue weighted by Gasteiger charge is -2.16. The summed E-state index contributed by atoms with van der Waals surface area (Å²) in [4.78, 5) is 17.0. The SMILES string of the molecule is CCCc1nc([C@H](NC(=O)c2ccccc2)c2ccccc2)no1. The third-order valence-electron chi connectivity index (χ3n) is 3.65. The second kappa shape index (κ2) is 7.55. The van der Waals surface area contributed by atoms with E-state index in [-0.39, 0.29) is 5.91 Å². The number of carbonyl (C=O) groups excluding carboxylic acids is 1. The lowest BCUT2D eigenvalue weighted by atomic mass is 10.1. The van der Waals surface area contributed by atoms with E-state index in [2.05, 4.69) is 22.4 Å². The molecule has 0 saturated heterocycles. The molecule has 0 aliphatic carbocycles. The second-order valence-corrected chi connectivity index (χ2v) is 5.48. The van der Waals surface area contributed by atoms with Crippen molar-refractivity contribution >= 4 is 5.91 Å². The summed E-state index contributed by atoms with van der Waals surface area (Å²) in [7, 11) is 0. The summed E-state index contributed by atoms with van der Waals surface area (Å²) < 4.78 is 5.28. The van der Waals surface area contributed by atoms with Crippen LogP contribution in [0, 0.1) is 0 Å². The Morgan fingerprint density at radius 1 is 1.08 bits per heavy atom. The molecule has 0 saturated carbocycles. The highest BCUT2D eigenvalue weighted by atomic mass is 16.5. The number of carbonyl (C=O) groups is 1. The first-order valence-corrected chi connectivity index (χ1v) is 8.01. The molecule has 1 heterocycles. The van der Waals surface area contributed by atoms with Crippen LogP contribution >= 0.6 is 0 Å². The molecule has 3 rings (SSSR count). The van der Waals surface area contributed by atoms with Gasteiger partial charge in [-0.25, -0.2) is 0 Å². The highest BCUT2D eigenvalue weighted by Gasteiger charge is 2.22. The molecule has 0 aliphatic rings. The molecule has 24 heavy (non-hydrogen) atoms. The van der Waals surface area contributed by atoms with Gasteiger partial charge in [-0.1, -0.05) is 60.6 Å². The van der Waals surface area contributed by atoms with E-state index in [0.29, 0.717) is 17.3 Å². The van der Waals surface area contributed by atoms with Crippen LogP contribution < -0.4 is 5.32 Å². The van der Waals surface area contributed by atoms with Crippen molar-refractivity contribution in [2.24, 2.45) is 0 Å². The largest absolute Gasteiger partial charge is 0.339 e. The Balaban J connectivity index is 1.89. The van der Waals surface area contributed by atoms with Crippen LogP contribution in [0.3, 0.4) is 0 Å². The number of amides is 1. The maximum absolute atomic E-state index is 12.5. The van der Waals surface area contributed by atoms with Gasteiger partial charge in [0.25, 0.3) is 5.91 Å². The predicted molar refractivity (Wildman–Crippen MR) is 90.5 cm³/mol. The third kappa shape index (κ3) is 3.68. The Bertz CT molecular complexity index is 785. The van der Waals surface area contributed by atoms with E-state index in [1.807, 2.05) is 48.5 Å². The summed E-state index contributed by atoms with van der Waals surface area (Å²) in [5.74, 6) is 0.877. The number of aryl methyl sites for hydroxylation is 1. The molecular weight excluding hydrogens is 302 g/mol. The van der Waals surface area contributed by atoms with E-state index in [0.717, 1.165) is 18.4 Å². The van der Waals surface area contributed by atoms with E-state index >= 15 is 0 Å². The quantitative estimate of drug-likeness (QED) is 0.754. The summed E-state index contributed by atoms with van der Waals surface area (Å²) in [5, 5.41) is 7.05. The van der Waals surface area contributed by atoms with Crippen LogP contribution in [-0.4, -0.2) is 16.0 Å². The first kappa shape index (κ1) is 15.9. The summed E-state index contributed by atoms with van der Waals surface area (Å²) in [5.41, 5.74) is 1.50. The fourth-order valence-electron chi connectivity index (χ4n) is 2.45. The molecule has 1 aromatic heterocycles. The Morgan fingerprint density at radius 2 is 1.75 bits per heavy atom. The number of hydrogen-bond acceptors (Lipinski definition) is 4. The molecule has 2 aromatic carbocycles. The van der Waals surface area contributed by atoms with Gasteiger partial charge in [-0.2, -0.15) is 4.98 Å². The summed E-state index contributed by atoms with van der Waals surface area (Å²) in [6.45, 7) is 2.05. The third-order valence-corrected chi connectivity index (χ3v) is 3.65. The highest BCUT2D eigenvalue weighted by Crippen LogP contribution is 2.20. The molecule has 0 spiro atoms. The zero-order valence-electron chi connectivity index (χ0n) is 13.5. The van der Waals surface area contributed by atoms with Crippen molar-refractivity contribution < 1.29 is 9.32 Å². The molecule has 1 N–H and O–H groups in total. The van der Waals surface area contributed by atoms with Crippen LogP contribution in [0.25, 0.3) is 0 Å². The molecule has 5 nitrogen and oxygen atoms in total. The van der Waals surface area contributed by atoms with Gasteiger partial charge in [0.15, 0.2) is 5.82 Å². The monoisotopic (exact) mass is 321 g/mol. The van der Waals surface area contributed by atoms with Crippen molar-refractivity contribution in [1.82, 2.24) is 15.5 Å². The maximum Gasteiger partial charge on any atom is 0.252 e. The number of hydrogen-bond donors (Lipinski definition) is 1. The van der Waals surface area contributed by atoms with Gasteiger partial charge in [0.1, 0.15) is 6.04 Å². The summed E-state index contributed by atoms with van der Waals surface area (Å²) in [6, 6.07) is 18.3. The van der Waals surface area contributed by atoms with Crippen molar-refractivity contribution in [2.45, 2.75) is 25.8 Å². The molecule has 3 aromatic rings. The first-order chi connectivity index (χ1) is 11.8. The Hall–Kier alpha value is -2.95. The summed E-state index contributed by atoms with van der Waals surface area (Å²) in [6.07, 6.45) is 1.65. The molecule has 0 unspecified atom stereocenters. The standard InChI is InChI=1S/C19H19N3O2/c1-2-9-16-20-18(22-24-16)17(14-10-5-3-6-11-14)21-19(23)15-12-7-4-8-13-15/h3-8,10-13,17H,2,9H2,1H3,(H,21,23)/t17-/m1/s1. The molecule has 0 radical (unpaired) electrons. The predicted octanol–water partition coefficient (Wildman–Crippen LogP) is 3.54. The average molecular weight is 321 g/mol. The van der Waals surface area contributed by atoms with Gasteiger partial charge < -0.3 is 9.84 Å². The van der Waals surface area contributed by atoms with E-state index in [1.54, 1.807) is 12.1 Å². The molecule has 0 fully saturated rings. The number of benzene rings is 2. The average Bonchev–Trinajstić information content (AvgIpc) is 3.09.